The van der Waals surface area contributed by atoms with E-state index < -0.39 is 0 Å². The fourth-order valence-corrected chi connectivity index (χ4v) is 3.97. The fraction of sp³-hybridized carbons (Fsp3) is 0.185. The first-order chi connectivity index (χ1) is 15.9. The monoisotopic (exact) mass is 503 g/mol. The Labute approximate surface area is 202 Å². The number of carbonyl (C=O) groups is 1. The molecule has 0 fully saturated rings. The van der Waals surface area contributed by atoms with Crippen molar-refractivity contribution in [1.29, 1.82) is 0 Å². The molecule has 0 radical (unpaired) electrons. The lowest BCUT2D eigenvalue weighted by Crippen LogP contribution is -2.13. The zero-order valence-corrected chi connectivity index (χ0v) is 20.5. The number of carbonyl (C=O) groups excluding carboxylic acids is 1. The highest BCUT2D eigenvalue weighted by atomic mass is 79.9. The van der Waals surface area contributed by atoms with E-state index in [0.29, 0.717) is 24.5 Å². The van der Waals surface area contributed by atoms with Gasteiger partial charge in [0.2, 0.25) is 0 Å². The van der Waals surface area contributed by atoms with Crippen LogP contribution in [0.4, 0.5) is 5.82 Å². The molecule has 33 heavy (non-hydrogen) atoms. The summed E-state index contributed by atoms with van der Waals surface area (Å²) >= 11 is 3.49. The molecule has 4 aromatic rings. The van der Waals surface area contributed by atoms with Gasteiger partial charge in [-0.15, -0.1) is 0 Å². The van der Waals surface area contributed by atoms with Crippen molar-refractivity contribution in [1.82, 2.24) is 9.78 Å². The van der Waals surface area contributed by atoms with E-state index in [1.165, 1.54) is 5.56 Å². The van der Waals surface area contributed by atoms with Crippen LogP contribution in [0.5, 0.6) is 5.75 Å². The summed E-state index contributed by atoms with van der Waals surface area (Å²) in [6.07, 6.45) is 1.86. The Bertz CT molecular complexity index is 1240. The molecule has 0 spiro atoms. The minimum absolute atomic E-state index is 0.210. The molecule has 4 rings (SSSR count). The molecule has 168 valence electrons. The molecule has 6 heteroatoms. The van der Waals surface area contributed by atoms with Crippen LogP contribution in [0.2, 0.25) is 0 Å². The zero-order valence-electron chi connectivity index (χ0n) is 18.9. The van der Waals surface area contributed by atoms with Crippen LogP contribution >= 0.6 is 15.9 Å². The highest BCUT2D eigenvalue weighted by molar-refractivity contribution is 9.10. The summed E-state index contributed by atoms with van der Waals surface area (Å²) in [5.74, 6) is 1.19. The Kier molecular flexibility index (Phi) is 6.94. The lowest BCUT2D eigenvalue weighted by molar-refractivity contribution is 0.102. The maximum atomic E-state index is 12.7. The SMILES string of the molecule is Cc1ccc(Cn2cc(Br)c(NC(=O)c3ccc(COc4c(C)cccc4C)cc3)n2)cc1. The summed E-state index contributed by atoms with van der Waals surface area (Å²) in [5.41, 5.74) is 6.14. The lowest BCUT2D eigenvalue weighted by Gasteiger charge is -2.12. The standard InChI is InChI=1S/C27H26BrN3O2/c1-18-7-9-21(10-8-18)15-31-16-24(28)26(30-31)29-27(32)23-13-11-22(12-14-23)17-33-25-19(2)5-4-6-20(25)3/h4-14,16H,15,17H2,1-3H3,(H,29,30,32). The van der Waals surface area contributed by atoms with E-state index in [4.69, 9.17) is 4.74 Å². The first kappa shape index (κ1) is 22.8. The maximum Gasteiger partial charge on any atom is 0.256 e. The number of aryl methyl sites for hydroxylation is 3. The molecule has 5 nitrogen and oxygen atoms in total. The third-order valence-corrected chi connectivity index (χ3v) is 6.00. The minimum atomic E-state index is -0.210. The molecule has 0 bridgehead atoms. The van der Waals surface area contributed by atoms with Crippen LogP contribution in [0.15, 0.2) is 77.4 Å². The molecule has 0 unspecified atom stereocenters. The van der Waals surface area contributed by atoms with Gasteiger partial charge in [0.1, 0.15) is 12.4 Å². The largest absolute Gasteiger partial charge is 0.488 e. The van der Waals surface area contributed by atoms with Crippen LogP contribution in [0, 0.1) is 20.8 Å². The molecule has 3 aromatic carbocycles. The highest BCUT2D eigenvalue weighted by Gasteiger charge is 2.13. The van der Waals surface area contributed by atoms with E-state index in [-0.39, 0.29) is 5.91 Å². The van der Waals surface area contributed by atoms with Crippen molar-refractivity contribution in [3.63, 3.8) is 0 Å². The second kappa shape index (κ2) is 10.0. The van der Waals surface area contributed by atoms with Gasteiger partial charge in [-0.05, 0) is 71.1 Å². The van der Waals surface area contributed by atoms with Gasteiger partial charge in [0.05, 0.1) is 11.0 Å². The van der Waals surface area contributed by atoms with Crippen molar-refractivity contribution < 1.29 is 9.53 Å². The van der Waals surface area contributed by atoms with Gasteiger partial charge < -0.3 is 10.1 Å². The molecule has 0 saturated heterocycles. The number of para-hydroxylation sites is 1. The number of rotatable bonds is 7. The van der Waals surface area contributed by atoms with Crippen molar-refractivity contribution in [2.24, 2.45) is 0 Å². The zero-order chi connectivity index (χ0) is 23.4. The first-order valence-corrected chi connectivity index (χ1v) is 11.6. The first-order valence-electron chi connectivity index (χ1n) is 10.8. The highest BCUT2D eigenvalue weighted by Crippen LogP contribution is 2.24. The Balaban J connectivity index is 1.37. The summed E-state index contributed by atoms with van der Waals surface area (Å²) in [6, 6.07) is 21.8. The molecular weight excluding hydrogens is 478 g/mol. The van der Waals surface area contributed by atoms with Crippen LogP contribution < -0.4 is 10.1 Å². The van der Waals surface area contributed by atoms with Gasteiger partial charge in [0.15, 0.2) is 5.82 Å². The lowest BCUT2D eigenvalue weighted by atomic mass is 10.1. The Morgan fingerprint density at radius 2 is 1.58 bits per heavy atom. The Hall–Kier alpha value is -3.38. The van der Waals surface area contributed by atoms with Gasteiger partial charge in [0.25, 0.3) is 5.91 Å². The fourth-order valence-electron chi connectivity index (χ4n) is 3.56. The van der Waals surface area contributed by atoms with Gasteiger partial charge in [-0.1, -0.05) is 60.2 Å². The summed E-state index contributed by atoms with van der Waals surface area (Å²) in [7, 11) is 0. The molecule has 0 saturated carbocycles. The van der Waals surface area contributed by atoms with E-state index >= 15 is 0 Å². The number of anilines is 1. The number of hydrogen-bond acceptors (Lipinski definition) is 3. The van der Waals surface area contributed by atoms with E-state index in [0.717, 1.165) is 32.5 Å². The molecule has 0 aliphatic rings. The molecule has 1 amide bonds. The Morgan fingerprint density at radius 1 is 0.939 bits per heavy atom. The number of ether oxygens (including phenoxy) is 1. The minimum Gasteiger partial charge on any atom is -0.488 e. The molecule has 0 aliphatic carbocycles. The summed E-state index contributed by atoms with van der Waals surface area (Å²) < 4.78 is 8.55. The third kappa shape index (κ3) is 5.71. The summed E-state index contributed by atoms with van der Waals surface area (Å²) in [4.78, 5) is 12.7. The predicted octanol–water partition coefficient (Wildman–Crippen LogP) is 6.45. The predicted molar refractivity (Wildman–Crippen MR) is 135 cm³/mol. The van der Waals surface area contributed by atoms with Crippen LogP contribution in [0.3, 0.4) is 0 Å². The van der Waals surface area contributed by atoms with Crippen molar-refractivity contribution in [3.05, 3.63) is 111 Å². The summed E-state index contributed by atoms with van der Waals surface area (Å²) in [6.45, 7) is 7.21. The van der Waals surface area contributed by atoms with E-state index in [2.05, 4.69) is 57.5 Å². The number of nitrogens with zero attached hydrogens (tertiary/aromatic N) is 2. The second-order valence-electron chi connectivity index (χ2n) is 8.17. The molecular formula is C27H26BrN3O2. The van der Waals surface area contributed by atoms with Crippen LogP contribution in [0.25, 0.3) is 0 Å². The van der Waals surface area contributed by atoms with Gasteiger partial charge in [-0.25, -0.2) is 0 Å². The Morgan fingerprint density at radius 3 is 2.24 bits per heavy atom. The average Bonchev–Trinajstić information content (AvgIpc) is 3.13. The van der Waals surface area contributed by atoms with Crippen LogP contribution in [-0.4, -0.2) is 15.7 Å². The molecule has 1 N–H and O–H groups in total. The number of hydrogen-bond donors (Lipinski definition) is 1. The maximum absolute atomic E-state index is 12.7. The molecule has 1 aromatic heterocycles. The van der Waals surface area contributed by atoms with Crippen molar-refractivity contribution in [3.8, 4) is 5.75 Å². The van der Waals surface area contributed by atoms with Gasteiger partial charge in [0, 0.05) is 11.8 Å². The van der Waals surface area contributed by atoms with Crippen LogP contribution in [-0.2, 0) is 13.2 Å². The normalized spacial score (nSPS) is 10.8. The second-order valence-corrected chi connectivity index (χ2v) is 9.02. The number of amides is 1. The quantitative estimate of drug-likeness (QED) is 0.315. The van der Waals surface area contributed by atoms with Crippen molar-refractivity contribution in [2.45, 2.75) is 33.9 Å². The number of halogens is 1. The van der Waals surface area contributed by atoms with Gasteiger partial charge >= 0.3 is 0 Å². The van der Waals surface area contributed by atoms with E-state index in [1.54, 1.807) is 16.8 Å². The van der Waals surface area contributed by atoms with Gasteiger partial charge in [-0.3, -0.25) is 9.48 Å². The molecule has 0 atom stereocenters. The average molecular weight is 504 g/mol. The van der Waals surface area contributed by atoms with Gasteiger partial charge in [-0.2, -0.15) is 5.10 Å². The van der Waals surface area contributed by atoms with Crippen molar-refractivity contribution in [2.75, 3.05) is 5.32 Å². The van der Waals surface area contributed by atoms with Crippen molar-refractivity contribution >= 4 is 27.7 Å². The molecule has 1 heterocycles. The smallest absolute Gasteiger partial charge is 0.256 e. The number of nitrogens with one attached hydrogen (secondary N) is 1. The number of aromatic nitrogens is 2. The van der Waals surface area contributed by atoms with E-state index in [9.17, 15) is 4.79 Å². The van der Waals surface area contributed by atoms with E-state index in [1.807, 2.05) is 50.4 Å². The number of benzene rings is 3. The third-order valence-electron chi connectivity index (χ3n) is 5.42. The molecule has 0 aliphatic heterocycles. The topological polar surface area (TPSA) is 56.2 Å². The summed E-state index contributed by atoms with van der Waals surface area (Å²) in [5, 5.41) is 7.39. The van der Waals surface area contributed by atoms with Crippen LogP contribution in [0.1, 0.15) is 38.2 Å².